The van der Waals surface area contributed by atoms with Gasteiger partial charge in [-0.05, 0) is 38.3 Å². The lowest BCUT2D eigenvalue weighted by Gasteiger charge is -2.22. The number of rotatable bonds is 12. The van der Waals surface area contributed by atoms with Crippen molar-refractivity contribution in [3.8, 4) is 5.75 Å². The molecule has 1 aromatic rings. The number of hydrogen-bond acceptors (Lipinski definition) is 5. The molecule has 1 aromatic carbocycles. The van der Waals surface area contributed by atoms with Crippen LogP contribution in [0.4, 0.5) is 5.69 Å². The van der Waals surface area contributed by atoms with Gasteiger partial charge < -0.3 is 29.7 Å². The van der Waals surface area contributed by atoms with Gasteiger partial charge in [0.15, 0.2) is 5.96 Å². The fourth-order valence-electron chi connectivity index (χ4n) is 3.25. The SMILES string of the molecule is CCNC(=NCCCCOCCOC)NC1CCN(c2ccccc2OC)C1. The van der Waals surface area contributed by atoms with Gasteiger partial charge in [-0.2, -0.15) is 0 Å². The molecule has 0 amide bonds. The maximum atomic E-state index is 5.50. The van der Waals surface area contributed by atoms with E-state index >= 15 is 0 Å². The van der Waals surface area contributed by atoms with Gasteiger partial charge in [0.2, 0.25) is 0 Å². The molecule has 0 bridgehead atoms. The van der Waals surface area contributed by atoms with Gasteiger partial charge in [-0.25, -0.2) is 0 Å². The topological polar surface area (TPSA) is 67.4 Å². The number of guanidine groups is 1. The summed E-state index contributed by atoms with van der Waals surface area (Å²) in [6.45, 7) is 7.78. The Kier molecular flexibility index (Phi) is 10.5. The number of aliphatic imine (C=N–C) groups is 1. The van der Waals surface area contributed by atoms with Crippen LogP contribution in [0.25, 0.3) is 0 Å². The van der Waals surface area contributed by atoms with Crippen LogP contribution in [0.5, 0.6) is 5.75 Å². The Balaban J connectivity index is 1.76. The fraction of sp³-hybridized carbons (Fsp3) is 0.667. The largest absolute Gasteiger partial charge is 0.495 e. The van der Waals surface area contributed by atoms with Crippen molar-refractivity contribution in [2.45, 2.75) is 32.2 Å². The number of nitrogens with one attached hydrogen (secondary N) is 2. The van der Waals surface area contributed by atoms with E-state index in [9.17, 15) is 0 Å². The number of benzene rings is 1. The first-order valence-corrected chi connectivity index (χ1v) is 10.3. The maximum absolute atomic E-state index is 5.50. The van der Waals surface area contributed by atoms with Crippen molar-refractivity contribution in [3.05, 3.63) is 24.3 Å². The van der Waals surface area contributed by atoms with Crippen LogP contribution in [-0.4, -0.2) is 72.2 Å². The lowest BCUT2D eigenvalue weighted by atomic mass is 10.2. The molecule has 7 nitrogen and oxygen atoms in total. The van der Waals surface area contributed by atoms with Crippen LogP contribution in [0.1, 0.15) is 26.2 Å². The highest BCUT2D eigenvalue weighted by molar-refractivity contribution is 5.80. The lowest BCUT2D eigenvalue weighted by molar-refractivity contribution is 0.0690. The van der Waals surface area contributed by atoms with Crippen LogP contribution in [0.2, 0.25) is 0 Å². The molecule has 0 spiro atoms. The van der Waals surface area contributed by atoms with E-state index in [0.29, 0.717) is 19.3 Å². The summed E-state index contributed by atoms with van der Waals surface area (Å²) in [5.74, 6) is 1.83. The average molecular weight is 393 g/mol. The highest BCUT2D eigenvalue weighted by Gasteiger charge is 2.25. The molecule has 1 saturated heterocycles. The summed E-state index contributed by atoms with van der Waals surface area (Å²) < 4.78 is 16.0. The van der Waals surface area contributed by atoms with Gasteiger partial charge in [0.1, 0.15) is 5.75 Å². The fourth-order valence-corrected chi connectivity index (χ4v) is 3.25. The van der Waals surface area contributed by atoms with Crippen molar-refractivity contribution < 1.29 is 14.2 Å². The van der Waals surface area contributed by atoms with Crippen molar-refractivity contribution in [2.75, 3.05) is 65.1 Å². The minimum absolute atomic E-state index is 0.375. The predicted molar refractivity (Wildman–Crippen MR) is 115 cm³/mol. The molecule has 158 valence electrons. The van der Waals surface area contributed by atoms with Crippen molar-refractivity contribution in [3.63, 3.8) is 0 Å². The number of nitrogens with zero attached hydrogens (tertiary/aromatic N) is 2. The number of ether oxygens (including phenoxy) is 3. The first kappa shape index (κ1) is 22.3. The maximum Gasteiger partial charge on any atom is 0.191 e. The minimum atomic E-state index is 0.375. The molecule has 0 aromatic heterocycles. The Morgan fingerprint density at radius 3 is 2.82 bits per heavy atom. The van der Waals surface area contributed by atoms with Crippen LogP contribution in [0.15, 0.2) is 29.3 Å². The van der Waals surface area contributed by atoms with Crippen LogP contribution in [-0.2, 0) is 9.47 Å². The van der Waals surface area contributed by atoms with Crippen LogP contribution in [0.3, 0.4) is 0 Å². The Morgan fingerprint density at radius 1 is 1.18 bits per heavy atom. The highest BCUT2D eigenvalue weighted by Crippen LogP contribution is 2.30. The first-order chi connectivity index (χ1) is 13.8. The van der Waals surface area contributed by atoms with E-state index in [2.05, 4.69) is 34.6 Å². The van der Waals surface area contributed by atoms with Gasteiger partial charge in [-0.15, -0.1) is 0 Å². The molecule has 1 aliphatic rings. The third-order valence-corrected chi connectivity index (χ3v) is 4.70. The Hall–Kier alpha value is -1.99. The van der Waals surface area contributed by atoms with Gasteiger partial charge in [-0.3, -0.25) is 4.99 Å². The molecule has 0 saturated carbocycles. The van der Waals surface area contributed by atoms with E-state index in [4.69, 9.17) is 19.2 Å². The number of para-hydroxylation sites is 2. The highest BCUT2D eigenvalue weighted by atomic mass is 16.5. The Labute approximate surface area is 169 Å². The quantitative estimate of drug-likeness (QED) is 0.323. The summed E-state index contributed by atoms with van der Waals surface area (Å²) in [4.78, 5) is 7.09. The van der Waals surface area contributed by atoms with E-state index < -0.39 is 0 Å². The molecule has 28 heavy (non-hydrogen) atoms. The van der Waals surface area contributed by atoms with E-state index in [1.807, 2.05) is 12.1 Å². The number of hydrogen-bond donors (Lipinski definition) is 2. The molecular formula is C21H36N4O3. The molecular weight excluding hydrogens is 356 g/mol. The van der Waals surface area contributed by atoms with Crippen molar-refractivity contribution in [1.29, 1.82) is 0 Å². The zero-order valence-electron chi connectivity index (χ0n) is 17.6. The molecule has 0 aliphatic carbocycles. The van der Waals surface area contributed by atoms with Crippen LogP contribution < -0.4 is 20.3 Å². The molecule has 1 aliphatic heterocycles. The predicted octanol–water partition coefficient (Wildman–Crippen LogP) is 2.27. The summed E-state index contributed by atoms with van der Waals surface area (Å²) in [6, 6.07) is 8.58. The molecule has 2 rings (SSSR count). The summed E-state index contributed by atoms with van der Waals surface area (Å²) in [6.07, 6.45) is 3.11. The second-order valence-corrected chi connectivity index (χ2v) is 6.82. The minimum Gasteiger partial charge on any atom is -0.495 e. The second kappa shape index (κ2) is 13.2. The van der Waals surface area contributed by atoms with Gasteiger partial charge in [0, 0.05) is 45.9 Å². The summed E-state index contributed by atoms with van der Waals surface area (Å²) in [5.41, 5.74) is 1.16. The van der Waals surface area contributed by atoms with E-state index in [-0.39, 0.29) is 0 Å². The standard InChI is InChI=1S/C21H36N4O3/c1-4-22-21(23-12-7-8-14-28-16-15-26-2)24-18-11-13-25(17-18)19-9-5-6-10-20(19)27-3/h5-6,9-10,18H,4,7-8,11-17H2,1-3H3,(H2,22,23,24). The second-order valence-electron chi connectivity index (χ2n) is 6.82. The summed E-state index contributed by atoms with van der Waals surface area (Å²) in [5, 5.41) is 6.93. The Morgan fingerprint density at radius 2 is 2.04 bits per heavy atom. The van der Waals surface area contributed by atoms with E-state index in [1.54, 1.807) is 14.2 Å². The molecule has 2 N–H and O–H groups in total. The normalized spacial score (nSPS) is 17.0. The first-order valence-electron chi connectivity index (χ1n) is 10.3. The molecule has 0 radical (unpaired) electrons. The van der Waals surface area contributed by atoms with E-state index in [1.165, 1.54) is 0 Å². The van der Waals surface area contributed by atoms with Crippen molar-refractivity contribution in [2.24, 2.45) is 4.99 Å². The van der Waals surface area contributed by atoms with Crippen molar-refractivity contribution >= 4 is 11.6 Å². The van der Waals surface area contributed by atoms with Gasteiger partial charge in [-0.1, -0.05) is 12.1 Å². The third-order valence-electron chi connectivity index (χ3n) is 4.70. The summed E-state index contributed by atoms with van der Waals surface area (Å²) >= 11 is 0. The number of anilines is 1. The van der Waals surface area contributed by atoms with E-state index in [0.717, 1.165) is 69.4 Å². The summed E-state index contributed by atoms with van der Waals surface area (Å²) in [7, 11) is 3.41. The molecule has 1 heterocycles. The van der Waals surface area contributed by atoms with Gasteiger partial charge in [0.25, 0.3) is 0 Å². The number of unbranched alkanes of at least 4 members (excludes halogenated alkanes) is 1. The number of methoxy groups -OCH3 is 2. The molecule has 1 fully saturated rings. The molecule has 7 heteroatoms. The monoisotopic (exact) mass is 392 g/mol. The molecule has 1 atom stereocenters. The van der Waals surface area contributed by atoms with Crippen LogP contribution >= 0.6 is 0 Å². The Bertz CT molecular complexity index is 583. The lowest BCUT2D eigenvalue weighted by Crippen LogP contribution is -2.44. The van der Waals surface area contributed by atoms with Crippen LogP contribution in [0, 0.1) is 0 Å². The van der Waals surface area contributed by atoms with Crippen molar-refractivity contribution in [1.82, 2.24) is 10.6 Å². The third kappa shape index (κ3) is 7.56. The average Bonchev–Trinajstić information content (AvgIpc) is 3.18. The van der Waals surface area contributed by atoms with Gasteiger partial charge in [0.05, 0.1) is 26.0 Å². The zero-order chi connectivity index (χ0) is 20.0. The molecule has 1 unspecified atom stereocenters. The smallest absolute Gasteiger partial charge is 0.191 e. The zero-order valence-corrected chi connectivity index (χ0v) is 17.6. The van der Waals surface area contributed by atoms with Gasteiger partial charge >= 0.3 is 0 Å².